The average molecular weight is 240 g/mol. The fourth-order valence-corrected chi connectivity index (χ4v) is 2.08. The van der Waals surface area contributed by atoms with Crippen molar-refractivity contribution in [1.82, 2.24) is 9.97 Å². The van der Waals surface area contributed by atoms with E-state index in [4.69, 9.17) is 0 Å². The molecule has 18 heavy (non-hydrogen) atoms. The van der Waals surface area contributed by atoms with E-state index in [9.17, 15) is 4.39 Å². The second-order valence-corrected chi connectivity index (χ2v) is 4.29. The van der Waals surface area contributed by atoms with Crippen LogP contribution in [0.15, 0.2) is 48.5 Å². The first-order valence-electron chi connectivity index (χ1n) is 6.00. The number of aromatic amines is 1. The lowest BCUT2D eigenvalue weighted by molar-refractivity contribution is 0.607. The van der Waals surface area contributed by atoms with E-state index >= 15 is 0 Å². The number of aromatic nitrogens is 2. The number of rotatable bonds is 3. The van der Waals surface area contributed by atoms with Crippen molar-refractivity contribution in [3.05, 3.63) is 65.7 Å². The van der Waals surface area contributed by atoms with E-state index in [0.717, 1.165) is 28.8 Å². The molecule has 0 radical (unpaired) electrons. The largest absolute Gasteiger partial charge is 0.342 e. The summed E-state index contributed by atoms with van der Waals surface area (Å²) < 4.78 is 13.5. The van der Waals surface area contributed by atoms with Gasteiger partial charge in [-0.15, -0.1) is 0 Å². The van der Waals surface area contributed by atoms with Crippen molar-refractivity contribution in [1.29, 1.82) is 0 Å². The van der Waals surface area contributed by atoms with E-state index < -0.39 is 0 Å². The van der Waals surface area contributed by atoms with Crippen molar-refractivity contribution in [2.45, 2.75) is 12.8 Å². The van der Waals surface area contributed by atoms with Gasteiger partial charge in [-0.1, -0.05) is 30.3 Å². The Kier molecular flexibility index (Phi) is 2.81. The van der Waals surface area contributed by atoms with Gasteiger partial charge in [0.15, 0.2) is 0 Å². The molecule has 3 rings (SSSR count). The molecule has 0 unspecified atom stereocenters. The van der Waals surface area contributed by atoms with Crippen molar-refractivity contribution in [3.8, 4) is 0 Å². The summed E-state index contributed by atoms with van der Waals surface area (Å²) >= 11 is 0. The maximum Gasteiger partial charge on any atom is 0.126 e. The third-order valence-corrected chi connectivity index (χ3v) is 3.03. The van der Waals surface area contributed by atoms with Crippen molar-refractivity contribution < 1.29 is 4.39 Å². The minimum Gasteiger partial charge on any atom is -0.342 e. The van der Waals surface area contributed by atoms with Crippen LogP contribution in [0.1, 0.15) is 11.4 Å². The molecule has 3 heteroatoms. The predicted molar refractivity (Wildman–Crippen MR) is 69.9 cm³/mol. The van der Waals surface area contributed by atoms with Crippen molar-refractivity contribution in [2.24, 2.45) is 0 Å². The predicted octanol–water partition coefficient (Wildman–Crippen LogP) is 3.49. The summed E-state index contributed by atoms with van der Waals surface area (Å²) in [5.41, 5.74) is 2.72. The smallest absolute Gasteiger partial charge is 0.126 e. The number of imidazole rings is 1. The van der Waals surface area contributed by atoms with E-state index in [1.807, 2.05) is 36.4 Å². The molecule has 0 saturated heterocycles. The first-order chi connectivity index (χ1) is 8.83. The van der Waals surface area contributed by atoms with Gasteiger partial charge in [0.05, 0.1) is 11.0 Å². The van der Waals surface area contributed by atoms with Crippen LogP contribution in [-0.4, -0.2) is 9.97 Å². The number of hydrogen-bond acceptors (Lipinski definition) is 1. The Morgan fingerprint density at radius 1 is 0.944 bits per heavy atom. The Morgan fingerprint density at radius 2 is 1.72 bits per heavy atom. The molecule has 1 N–H and O–H groups in total. The molecule has 90 valence electrons. The van der Waals surface area contributed by atoms with Crippen LogP contribution in [0.3, 0.4) is 0 Å². The zero-order valence-electron chi connectivity index (χ0n) is 9.86. The summed E-state index contributed by atoms with van der Waals surface area (Å²) in [6.07, 6.45) is 1.38. The minimum absolute atomic E-state index is 0.145. The van der Waals surface area contributed by atoms with Gasteiger partial charge < -0.3 is 4.98 Å². The highest BCUT2D eigenvalue weighted by Gasteiger charge is 2.04. The number of aryl methyl sites for hydroxylation is 2. The van der Waals surface area contributed by atoms with Crippen molar-refractivity contribution in [2.75, 3.05) is 0 Å². The minimum atomic E-state index is -0.145. The van der Waals surface area contributed by atoms with Gasteiger partial charge in [-0.3, -0.25) is 0 Å². The third kappa shape index (κ3) is 2.12. The number of nitrogens with zero attached hydrogens (tertiary/aromatic N) is 1. The van der Waals surface area contributed by atoms with Gasteiger partial charge in [-0.25, -0.2) is 9.37 Å². The Morgan fingerprint density at radius 3 is 2.56 bits per heavy atom. The van der Waals surface area contributed by atoms with Crippen LogP contribution in [0, 0.1) is 5.82 Å². The number of nitrogens with one attached hydrogen (secondary N) is 1. The Balaban J connectivity index is 1.79. The molecule has 2 aromatic carbocycles. The fourth-order valence-electron chi connectivity index (χ4n) is 2.08. The normalized spacial score (nSPS) is 10.9. The number of fused-ring (bicyclic) bond motifs is 1. The van der Waals surface area contributed by atoms with Crippen LogP contribution in [-0.2, 0) is 12.8 Å². The summed E-state index contributed by atoms with van der Waals surface area (Å²) in [6, 6.07) is 14.8. The molecule has 0 fully saturated rings. The summed E-state index contributed by atoms with van der Waals surface area (Å²) in [6.45, 7) is 0. The topological polar surface area (TPSA) is 28.7 Å². The molecule has 3 aromatic rings. The molecule has 0 saturated carbocycles. The Labute approximate surface area is 104 Å². The maximum absolute atomic E-state index is 13.5. The van der Waals surface area contributed by atoms with Gasteiger partial charge in [0.25, 0.3) is 0 Å². The molecular weight excluding hydrogens is 227 g/mol. The van der Waals surface area contributed by atoms with Gasteiger partial charge >= 0.3 is 0 Å². The number of hydrogen-bond donors (Lipinski definition) is 1. The third-order valence-electron chi connectivity index (χ3n) is 3.03. The maximum atomic E-state index is 13.5. The van der Waals surface area contributed by atoms with Crippen molar-refractivity contribution >= 4 is 11.0 Å². The van der Waals surface area contributed by atoms with Gasteiger partial charge in [-0.05, 0) is 30.2 Å². The molecule has 2 nitrogen and oxygen atoms in total. The standard InChI is InChI=1S/C15H13FN2/c16-12-6-2-1-5-11(12)9-10-15-17-13-7-3-4-8-14(13)18-15/h1-8H,9-10H2,(H,17,18). The van der Waals surface area contributed by atoms with E-state index in [-0.39, 0.29) is 5.82 Å². The SMILES string of the molecule is Fc1ccccc1CCc1nc2ccccc2[nH]1. The summed E-state index contributed by atoms with van der Waals surface area (Å²) in [7, 11) is 0. The highest BCUT2D eigenvalue weighted by molar-refractivity contribution is 5.74. The molecular formula is C15H13FN2. The molecule has 0 amide bonds. The number of para-hydroxylation sites is 2. The molecule has 0 aliphatic heterocycles. The zero-order chi connectivity index (χ0) is 12.4. The Bertz CT molecular complexity index is 640. The molecule has 0 bridgehead atoms. The molecule has 1 aromatic heterocycles. The summed E-state index contributed by atoms with van der Waals surface area (Å²) in [4.78, 5) is 7.73. The number of benzene rings is 2. The first-order valence-corrected chi connectivity index (χ1v) is 6.00. The quantitative estimate of drug-likeness (QED) is 0.746. The second-order valence-electron chi connectivity index (χ2n) is 4.29. The fraction of sp³-hybridized carbons (Fsp3) is 0.133. The molecule has 1 heterocycles. The van der Waals surface area contributed by atoms with Gasteiger partial charge in [0, 0.05) is 6.42 Å². The van der Waals surface area contributed by atoms with E-state index in [1.54, 1.807) is 6.07 Å². The summed E-state index contributed by atoms with van der Waals surface area (Å²) in [5.74, 6) is 0.757. The zero-order valence-corrected chi connectivity index (χ0v) is 9.86. The first kappa shape index (κ1) is 11.0. The number of H-pyrrole nitrogens is 1. The van der Waals surface area contributed by atoms with Crippen LogP contribution < -0.4 is 0 Å². The lowest BCUT2D eigenvalue weighted by atomic mass is 10.1. The van der Waals surface area contributed by atoms with Crippen LogP contribution in [0.5, 0.6) is 0 Å². The second kappa shape index (κ2) is 4.61. The van der Waals surface area contributed by atoms with Crippen molar-refractivity contribution in [3.63, 3.8) is 0 Å². The molecule has 0 aliphatic rings. The van der Waals surface area contributed by atoms with E-state index in [1.165, 1.54) is 6.07 Å². The lowest BCUT2D eigenvalue weighted by Crippen LogP contribution is -1.95. The summed E-state index contributed by atoms with van der Waals surface area (Å²) in [5, 5.41) is 0. The number of halogens is 1. The molecule has 0 aliphatic carbocycles. The van der Waals surface area contributed by atoms with Crippen LogP contribution >= 0.6 is 0 Å². The molecule has 0 atom stereocenters. The van der Waals surface area contributed by atoms with Crippen LogP contribution in [0.4, 0.5) is 4.39 Å². The van der Waals surface area contributed by atoms with Gasteiger partial charge in [0.2, 0.25) is 0 Å². The van der Waals surface area contributed by atoms with Crippen LogP contribution in [0.25, 0.3) is 11.0 Å². The highest BCUT2D eigenvalue weighted by atomic mass is 19.1. The monoisotopic (exact) mass is 240 g/mol. The van der Waals surface area contributed by atoms with E-state index in [0.29, 0.717) is 6.42 Å². The van der Waals surface area contributed by atoms with E-state index in [2.05, 4.69) is 9.97 Å². The average Bonchev–Trinajstić information content (AvgIpc) is 2.80. The Hall–Kier alpha value is -2.16. The van der Waals surface area contributed by atoms with Gasteiger partial charge in [-0.2, -0.15) is 0 Å². The lowest BCUT2D eigenvalue weighted by Gasteiger charge is -2.00. The van der Waals surface area contributed by atoms with Crippen LogP contribution in [0.2, 0.25) is 0 Å². The highest BCUT2D eigenvalue weighted by Crippen LogP contribution is 2.13. The molecule has 0 spiro atoms. The van der Waals surface area contributed by atoms with Gasteiger partial charge in [0.1, 0.15) is 11.6 Å².